The molecule has 1 unspecified atom stereocenters. The van der Waals surface area contributed by atoms with Crippen LogP contribution in [0.5, 0.6) is 0 Å². The van der Waals surface area contributed by atoms with Gasteiger partial charge in [-0.05, 0) is 47.3 Å². The van der Waals surface area contributed by atoms with Gasteiger partial charge in [-0.15, -0.1) is 0 Å². The summed E-state index contributed by atoms with van der Waals surface area (Å²) in [5.74, 6) is 0. The molecule has 0 spiro atoms. The van der Waals surface area contributed by atoms with Crippen molar-refractivity contribution in [2.75, 3.05) is 34.4 Å². The lowest BCUT2D eigenvalue weighted by Crippen LogP contribution is -2.41. The Labute approximate surface area is 100 Å². The molecule has 0 aromatic heterocycles. The van der Waals surface area contributed by atoms with Crippen LogP contribution in [0.4, 0.5) is 0 Å². The van der Waals surface area contributed by atoms with E-state index in [1.165, 1.54) is 0 Å². The molecule has 1 atom stereocenters. The second kappa shape index (κ2) is 8.93. The van der Waals surface area contributed by atoms with E-state index >= 15 is 0 Å². The Balaban J connectivity index is 3.58. The summed E-state index contributed by atoms with van der Waals surface area (Å²) in [5, 5.41) is 3.40. The molecule has 1 N–H and O–H groups in total. The molecule has 0 saturated carbocycles. The van der Waals surface area contributed by atoms with Crippen molar-refractivity contribution >= 4 is 0 Å². The Kier molecular flexibility index (Phi) is 8.84. The van der Waals surface area contributed by atoms with Crippen molar-refractivity contribution in [3.63, 3.8) is 0 Å². The van der Waals surface area contributed by atoms with Gasteiger partial charge in [0, 0.05) is 20.3 Å². The average Bonchev–Trinajstić information content (AvgIpc) is 2.25. The molecule has 0 heterocycles. The highest BCUT2D eigenvalue weighted by molar-refractivity contribution is 4.65. The number of nitrogens with zero attached hydrogens (tertiary/aromatic N) is 1. The van der Waals surface area contributed by atoms with Gasteiger partial charge >= 0.3 is 0 Å². The number of ether oxygens (including phenoxy) is 2. The largest absolute Gasteiger partial charge is 0.354 e. The zero-order valence-electron chi connectivity index (χ0n) is 11.6. The number of rotatable bonds is 9. The van der Waals surface area contributed by atoms with E-state index in [4.69, 9.17) is 9.47 Å². The van der Waals surface area contributed by atoms with Gasteiger partial charge in [0.2, 0.25) is 0 Å². The van der Waals surface area contributed by atoms with Crippen LogP contribution < -0.4 is 5.32 Å². The molecule has 98 valence electrons. The first kappa shape index (κ1) is 15.8. The summed E-state index contributed by atoms with van der Waals surface area (Å²) in [6, 6.07) is 0.836. The Morgan fingerprint density at radius 3 is 2.12 bits per heavy atom. The summed E-state index contributed by atoms with van der Waals surface area (Å²) < 4.78 is 10.4. The predicted molar refractivity (Wildman–Crippen MR) is 67.7 cm³/mol. The molecular formula is C12H28N2O2. The van der Waals surface area contributed by atoms with Gasteiger partial charge in [-0.25, -0.2) is 0 Å². The first-order valence-electron chi connectivity index (χ1n) is 6.02. The van der Waals surface area contributed by atoms with Gasteiger partial charge in [0.25, 0.3) is 0 Å². The summed E-state index contributed by atoms with van der Waals surface area (Å²) in [6.45, 7) is 8.59. The minimum Gasteiger partial charge on any atom is -0.354 e. The predicted octanol–water partition coefficient (Wildman–Crippen LogP) is 1.31. The van der Waals surface area contributed by atoms with Crippen LogP contribution in [0, 0.1) is 0 Å². The van der Waals surface area contributed by atoms with E-state index in [0.717, 1.165) is 19.5 Å². The van der Waals surface area contributed by atoms with Crippen LogP contribution in [0.15, 0.2) is 0 Å². The van der Waals surface area contributed by atoms with Crippen LogP contribution in [0.1, 0.15) is 27.2 Å². The summed E-state index contributed by atoms with van der Waals surface area (Å²) in [6.07, 6.45) is 0.974. The normalized spacial score (nSPS) is 14.1. The molecule has 4 nitrogen and oxygen atoms in total. The maximum absolute atomic E-state index is 5.18. The van der Waals surface area contributed by atoms with Crippen LogP contribution in [-0.2, 0) is 9.47 Å². The molecule has 0 radical (unpaired) electrons. The molecular weight excluding hydrogens is 204 g/mol. The van der Waals surface area contributed by atoms with Crippen LogP contribution in [0.3, 0.4) is 0 Å². The maximum Gasteiger partial charge on any atom is 0.171 e. The molecule has 16 heavy (non-hydrogen) atoms. The monoisotopic (exact) mass is 232 g/mol. The highest BCUT2D eigenvalue weighted by Gasteiger charge is 2.14. The SMILES string of the molecule is COC(OC)C(C)NCCCN(C)C(C)C. The molecule has 0 aromatic carbocycles. The fraction of sp³-hybridized carbons (Fsp3) is 1.00. The van der Waals surface area contributed by atoms with Crippen molar-refractivity contribution < 1.29 is 9.47 Å². The molecule has 0 saturated heterocycles. The highest BCUT2D eigenvalue weighted by atomic mass is 16.7. The second-order valence-electron chi connectivity index (χ2n) is 4.51. The molecule has 0 aliphatic heterocycles. The third kappa shape index (κ3) is 6.43. The molecule has 0 aliphatic rings. The number of hydrogen-bond acceptors (Lipinski definition) is 4. The van der Waals surface area contributed by atoms with Crippen LogP contribution in [0.25, 0.3) is 0 Å². The molecule has 0 rings (SSSR count). The fourth-order valence-electron chi connectivity index (χ4n) is 1.52. The van der Waals surface area contributed by atoms with E-state index in [9.17, 15) is 0 Å². The van der Waals surface area contributed by atoms with Gasteiger partial charge in [-0.3, -0.25) is 0 Å². The molecule has 0 amide bonds. The summed E-state index contributed by atoms with van der Waals surface area (Å²) >= 11 is 0. The van der Waals surface area contributed by atoms with Crippen molar-refractivity contribution in [1.82, 2.24) is 10.2 Å². The Hall–Kier alpha value is -0.160. The zero-order chi connectivity index (χ0) is 12.6. The molecule has 0 fully saturated rings. The fourth-order valence-corrected chi connectivity index (χ4v) is 1.52. The van der Waals surface area contributed by atoms with Crippen molar-refractivity contribution in [3.05, 3.63) is 0 Å². The van der Waals surface area contributed by atoms with Crippen molar-refractivity contribution in [1.29, 1.82) is 0 Å². The van der Waals surface area contributed by atoms with Gasteiger partial charge in [0.1, 0.15) is 0 Å². The van der Waals surface area contributed by atoms with Crippen molar-refractivity contribution in [2.45, 2.75) is 45.6 Å². The number of methoxy groups -OCH3 is 2. The Bertz CT molecular complexity index is 161. The van der Waals surface area contributed by atoms with E-state index < -0.39 is 0 Å². The molecule has 0 aliphatic carbocycles. The van der Waals surface area contributed by atoms with Gasteiger partial charge in [0.05, 0.1) is 6.04 Å². The first-order chi connectivity index (χ1) is 7.52. The van der Waals surface area contributed by atoms with Gasteiger partial charge in [-0.2, -0.15) is 0 Å². The summed E-state index contributed by atoms with van der Waals surface area (Å²) in [7, 11) is 5.49. The standard InChI is InChI=1S/C12H28N2O2/c1-10(2)14(4)9-7-8-13-11(3)12(15-5)16-6/h10-13H,7-9H2,1-6H3. The molecule has 0 aromatic rings. The Morgan fingerprint density at radius 2 is 1.69 bits per heavy atom. The minimum absolute atomic E-state index is 0.164. The lowest BCUT2D eigenvalue weighted by molar-refractivity contribution is -0.119. The van der Waals surface area contributed by atoms with E-state index in [0.29, 0.717) is 6.04 Å². The minimum atomic E-state index is -0.164. The van der Waals surface area contributed by atoms with E-state index in [2.05, 4.69) is 38.0 Å². The topological polar surface area (TPSA) is 33.7 Å². The Morgan fingerprint density at radius 1 is 1.12 bits per heavy atom. The van der Waals surface area contributed by atoms with Crippen molar-refractivity contribution in [3.8, 4) is 0 Å². The lowest BCUT2D eigenvalue weighted by Gasteiger charge is -2.24. The lowest BCUT2D eigenvalue weighted by atomic mass is 10.3. The molecule has 0 bridgehead atoms. The number of nitrogens with one attached hydrogen (secondary N) is 1. The molecule has 4 heteroatoms. The van der Waals surface area contributed by atoms with Crippen molar-refractivity contribution in [2.24, 2.45) is 0 Å². The van der Waals surface area contributed by atoms with Crippen LogP contribution in [0.2, 0.25) is 0 Å². The second-order valence-corrected chi connectivity index (χ2v) is 4.51. The average molecular weight is 232 g/mol. The zero-order valence-corrected chi connectivity index (χ0v) is 11.6. The number of hydrogen-bond donors (Lipinski definition) is 1. The van der Waals surface area contributed by atoms with E-state index in [1.807, 2.05) is 0 Å². The van der Waals surface area contributed by atoms with Gasteiger partial charge < -0.3 is 19.7 Å². The van der Waals surface area contributed by atoms with E-state index in [-0.39, 0.29) is 12.3 Å². The summed E-state index contributed by atoms with van der Waals surface area (Å²) in [4.78, 5) is 2.34. The van der Waals surface area contributed by atoms with Crippen LogP contribution >= 0.6 is 0 Å². The summed E-state index contributed by atoms with van der Waals surface area (Å²) in [5.41, 5.74) is 0. The third-order valence-corrected chi connectivity index (χ3v) is 2.91. The highest BCUT2D eigenvalue weighted by Crippen LogP contribution is 1.99. The van der Waals surface area contributed by atoms with E-state index in [1.54, 1.807) is 14.2 Å². The first-order valence-corrected chi connectivity index (χ1v) is 6.02. The quantitative estimate of drug-likeness (QED) is 0.480. The maximum atomic E-state index is 5.18. The third-order valence-electron chi connectivity index (χ3n) is 2.91. The van der Waals surface area contributed by atoms with Gasteiger partial charge in [0.15, 0.2) is 6.29 Å². The van der Waals surface area contributed by atoms with Gasteiger partial charge in [-0.1, -0.05) is 0 Å². The van der Waals surface area contributed by atoms with Crippen LogP contribution in [-0.4, -0.2) is 57.6 Å². The smallest absolute Gasteiger partial charge is 0.171 e.